The normalized spacial score (nSPS) is 16.6. The van der Waals surface area contributed by atoms with Crippen LogP contribution in [0, 0.1) is 12.8 Å². The number of hydrogen-bond acceptors (Lipinski definition) is 3. The molecule has 0 spiro atoms. The predicted molar refractivity (Wildman–Crippen MR) is 109 cm³/mol. The lowest BCUT2D eigenvalue weighted by atomic mass is 10.1. The lowest BCUT2D eigenvalue weighted by Crippen LogP contribution is -2.34. The van der Waals surface area contributed by atoms with Gasteiger partial charge in [0.2, 0.25) is 0 Å². The summed E-state index contributed by atoms with van der Waals surface area (Å²) in [6.07, 6.45) is 1.17. The standard InChI is InChI=1S/C20H25N3OS/c1-15-5-3-4-6-19(15)22-20(25)21-13-16-11-12-23(14-16)17-7-9-18(24-2)10-8-17/h3-10,16H,11-14H2,1-2H3,(H2,21,22,25)/t16-/m0/s1. The molecule has 1 heterocycles. The van der Waals surface area contributed by atoms with E-state index in [4.69, 9.17) is 17.0 Å². The quantitative estimate of drug-likeness (QED) is 0.798. The Morgan fingerprint density at radius 2 is 1.96 bits per heavy atom. The lowest BCUT2D eigenvalue weighted by Gasteiger charge is -2.19. The molecule has 0 aromatic heterocycles. The van der Waals surface area contributed by atoms with Crippen molar-refractivity contribution in [3.05, 3.63) is 54.1 Å². The Hall–Kier alpha value is -2.27. The van der Waals surface area contributed by atoms with Crippen molar-refractivity contribution in [3.63, 3.8) is 0 Å². The lowest BCUT2D eigenvalue weighted by molar-refractivity contribution is 0.415. The summed E-state index contributed by atoms with van der Waals surface area (Å²) in [6, 6.07) is 16.5. The highest BCUT2D eigenvalue weighted by Crippen LogP contribution is 2.25. The molecule has 1 aliphatic rings. The molecule has 0 bridgehead atoms. The zero-order valence-electron chi connectivity index (χ0n) is 14.8. The maximum Gasteiger partial charge on any atom is 0.170 e. The molecule has 0 saturated carbocycles. The molecule has 1 aliphatic heterocycles. The van der Waals surface area contributed by atoms with E-state index in [0.29, 0.717) is 11.0 Å². The fourth-order valence-corrected chi connectivity index (χ4v) is 3.34. The summed E-state index contributed by atoms with van der Waals surface area (Å²) >= 11 is 5.43. The highest BCUT2D eigenvalue weighted by Gasteiger charge is 2.22. The number of aryl methyl sites for hydroxylation is 1. The smallest absolute Gasteiger partial charge is 0.170 e. The topological polar surface area (TPSA) is 36.5 Å². The molecule has 2 aromatic rings. The van der Waals surface area contributed by atoms with Gasteiger partial charge in [0.25, 0.3) is 0 Å². The average Bonchev–Trinajstić information content (AvgIpc) is 3.11. The Morgan fingerprint density at radius 3 is 2.68 bits per heavy atom. The summed E-state index contributed by atoms with van der Waals surface area (Å²) in [6.45, 7) is 5.10. The van der Waals surface area contributed by atoms with Gasteiger partial charge in [-0.05, 0) is 67.4 Å². The van der Waals surface area contributed by atoms with Crippen LogP contribution in [-0.4, -0.2) is 31.9 Å². The Morgan fingerprint density at radius 1 is 1.20 bits per heavy atom. The van der Waals surface area contributed by atoms with E-state index >= 15 is 0 Å². The second-order valence-corrected chi connectivity index (χ2v) is 6.86. The molecule has 4 nitrogen and oxygen atoms in total. The van der Waals surface area contributed by atoms with Gasteiger partial charge in [0.1, 0.15) is 5.75 Å². The van der Waals surface area contributed by atoms with Gasteiger partial charge >= 0.3 is 0 Å². The van der Waals surface area contributed by atoms with E-state index in [1.165, 1.54) is 17.7 Å². The minimum absolute atomic E-state index is 0.596. The Balaban J connectivity index is 1.46. The van der Waals surface area contributed by atoms with E-state index in [0.717, 1.165) is 31.1 Å². The Labute approximate surface area is 155 Å². The second-order valence-electron chi connectivity index (χ2n) is 6.45. The molecule has 2 N–H and O–H groups in total. The minimum Gasteiger partial charge on any atom is -0.497 e. The molecular formula is C20H25N3OS. The number of nitrogens with zero attached hydrogens (tertiary/aromatic N) is 1. The Kier molecular flexibility index (Phi) is 5.76. The van der Waals surface area contributed by atoms with Gasteiger partial charge in [-0.25, -0.2) is 0 Å². The summed E-state index contributed by atoms with van der Waals surface area (Å²) < 4.78 is 5.23. The van der Waals surface area contributed by atoms with Crippen molar-refractivity contribution in [1.82, 2.24) is 5.32 Å². The third-order valence-corrected chi connectivity index (χ3v) is 4.91. The van der Waals surface area contributed by atoms with E-state index < -0.39 is 0 Å². The molecule has 3 rings (SSSR count). The van der Waals surface area contributed by atoms with Crippen LogP contribution >= 0.6 is 12.2 Å². The number of ether oxygens (including phenoxy) is 1. The molecule has 0 radical (unpaired) electrons. The first kappa shape index (κ1) is 17.5. The van der Waals surface area contributed by atoms with E-state index in [9.17, 15) is 0 Å². The molecule has 1 fully saturated rings. The third-order valence-electron chi connectivity index (χ3n) is 4.67. The fourth-order valence-electron chi connectivity index (χ4n) is 3.14. The first-order chi connectivity index (χ1) is 12.2. The van der Waals surface area contributed by atoms with Crippen molar-refractivity contribution >= 4 is 28.7 Å². The van der Waals surface area contributed by atoms with Crippen molar-refractivity contribution in [3.8, 4) is 5.75 Å². The average molecular weight is 356 g/mol. The molecule has 25 heavy (non-hydrogen) atoms. The van der Waals surface area contributed by atoms with Crippen LogP contribution in [0.4, 0.5) is 11.4 Å². The van der Waals surface area contributed by atoms with Crippen molar-refractivity contribution in [1.29, 1.82) is 0 Å². The number of para-hydroxylation sites is 1. The molecule has 2 aromatic carbocycles. The van der Waals surface area contributed by atoms with E-state index in [1.54, 1.807) is 7.11 Å². The maximum absolute atomic E-state index is 5.43. The molecule has 132 valence electrons. The van der Waals surface area contributed by atoms with Crippen molar-refractivity contribution in [2.24, 2.45) is 5.92 Å². The number of hydrogen-bond donors (Lipinski definition) is 2. The molecule has 5 heteroatoms. The van der Waals surface area contributed by atoms with Crippen LogP contribution in [0.25, 0.3) is 0 Å². The molecule has 0 amide bonds. The predicted octanol–water partition coefficient (Wildman–Crippen LogP) is 3.82. The van der Waals surface area contributed by atoms with E-state index in [-0.39, 0.29) is 0 Å². The molecule has 1 saturated heterocycles. The number of thiocarbonyl (C=S) groups is 1. The largest absolute Gasteiger partial charge is 0.497 e. The summed E-state index contributed by atoms with van der Waals surface area (Å²) in [5.74, 6) is 1.49. The highest BCUT2D eigenvalue weighted by atomic mass is 32.1. The fraction of sp³-hybridized carbons (Fsp3) is 0.350. The number of anilines is 2. The van der Waals surface area contributed by atoms with Crippen LogP contribution in [0.2, 0.25) is 0 Å². The van der Waals surface area contributed by atoms with Gasteiger partial charge in [0, 0.05) is 31.0 Å². The Bertz CT molecular complexity index is 717. The summed E-state index contributed by atoms with van der Waals surface area (Å²) in [4.78, 5) is 2.42. The van der Waals surface area contributed by atoms with Crippen LogP contribution in [-0.2, 0) is 0 Å². The van der Waals surface area contributed by atoms with Gasteiger partial charge in [0.05, 0.1) is 7.11 Å². The molecule has 1 atom stereocenters. The minimum atomic E-state index is 0.596. The summed E-state index contributed by atoms with van der Waals surface area (Å²) in [7, 11) is 1.69. The van der Waals surface area contributed by atoms with Crippen molar-refractivity contribution < 1.29 is 4.74 Å². The van der Waals surface area contributed by atoms with Crippen LogP contribution in [0.1, 0.15) is 12.0 Å². The van der Waals surface area contributed by atoms with Crippen LogP contribution in [0.15, 0.2) is 48.5 Å². The molecular weight excluding hydrogens is 330 g/mol. The SMILES string of the molecule is COc1ccc(N2CC[C@@H](CNC(=S)Nc3ccccc3C)C2)cc1. The van der Waals surface area contributed by atoms with Gasteiger partial charge in [0.15, 0.2) is 5.11 Å². The summed E-state index contributed by atoms with van der Waals surface area (Å²) in [5.41, 5.74) is 3.51. The zero-order chi connectivity index (χ0) is 17.6. The second kappa shape index (κ2) is 8.21. The zero-order valence-corrected chi connectivity index (χ0v) is 15.6. The molecule has 0 unspecified atom stereocenters. The van der Waals surface area contributed by atoms with E-state index in [2.05, 4.69) is 40.7 Å². The van der Waals surface area contributed by atoms with E-state index in [1.807, 2.05) is 30.3 Å². The van der Waals surface area contributed by atoms with Gasteiger partial charge in [-0.15, -0.1) is 0 Å². The van der Waals surface area contributed by atoms with Crippen molar-refractivity contribution in [2.75, 3.05) is 37.0 Å². The number of rotatable bonds is 5. The maximum atomic E-state index is 5.43. The van der Waals surface area contributed by atoms with Gasteiger partial charge < -0.3 is 20.3 Å². The van der Waals surface area contributed by atoms with Gasteiger partial charge in [-0.3, -0.25) is 0 Å². The monoisotopic (exact) mass is 355 g/mol. The van der Waals surface area contributed by atoms with Gasteiger partial charge in [-0.1, -0.05) is 18.2 Å². The van der Waals surface area contributed by atoms with Crippen LogP contribution in [0.3, 0.4) is 0 Å². The first-order valence-corrected chi connectivity index (χ1v) is 9.06. The number of methoxy groups -OCH3 is 1. The first-order valence-electron chi connectivity index (χ1n) is 8.65. The molecule has 0 aliphatic carbocycles. The number of nitrogens with one attached hydrogen (secondary N) is 2. The van der Waals surface area contributed by atoms with Gasteiger partial charge in [-0.2, -0.15) is 0 Å². The summed E-state index contributed by atoms with van der Waals surface area (Å²) in [5, 5.41) is 7.34. The highest BCUT2D eigenvalue weighted by molar-refractivity contribution is 7.80. The van der Waals surface area contributed by atoms with Crippen LogP contribution in [0.5, 0.6) is 5.75 Å². The number of benzene rings is 2. The van der Waals surface area contributed by atoms with Crippen molar-refractivity contribution in [2.45, 2.75) is 13.3 Å². The van der Waals surface area contributed by atoms with Crippen LogP contribution < -0.4 is 20.3 Å². The third kappa shape index (κ3) is 4.63.